The minimum Gasteiger partial charge on any atom is -0.497 e. The van der Waals surface area contributed by atoms with E-state index in [9.17, 15) is 0 Å². The molecule has 1 aromatic heterocycles. The van der Waals surface area contributed by atoms with Gasteiger partial charge in [-0.25, -0.2) is 4.68 Å². The first-order valence-electron chi connectivity index (χ1n) is 10.3. The Hall–Kier alpha value is -2.63. The van der Waals surface area contributed by atoms with E-state index in [1.807, 2.05) is 35.0 Å². The van der Waals surface area contributed by atoms with Gasteiger partial charge in [0.25, 0.3) is 0 Å². The van der Waals surface area contributed by atoms with Crippen molar-refractivity contribution in [3.63, 3.8) is 0 Å². The molecule has 1 aliphatic heterocycles. The third-order valence-electron chi connectivity index (χ3n) is 5.66. The third kappa shape index (κ3) is 4.69. The van der Waals surface area contributed by atoms with Crippen molar-refractivity contribution in [2.24, 2.45) is 5.92 Å². The molecule has 0 spiro atoms. The van der Waals surface area contributed by atoms with E-state index in [2.05, 4.69) is 35.4 Å². The number of aromatic nitrogens is 2. The topological polar surface area (TPSA) is 39.5 Å². The molecule has 0 atom stereocenters. The molecule has 0 aliphatic carbocycles. The number of hydrogen-bond acceptors (Lipinski definition) is 4. The van der Waals surface area contributed by atoms with Crippen LogP contribution >= 0.6 is 0 Å². The number of methoxy groups -OCH3 is 2. The predicted molar refractivity (Wildman–Crippen MR) is 115 cm³/mol. The van der Waals surface area contributed by atoms with E-state index in [4.69, 9.17) is 14.6 Å². The molecule has 152 valence electrons. The Morgan fingerprint density at radius 1 is 1.00 bits per heavy atom. The molecule has 0 radical (unpaired) electrons. The second-order valence-corrected chi connectivity index (χ2v) is 7.69. The van der Waals surface area contributed by atoms with Gasteiger partial charge in [0.05, 0.1) is 18.5 Å². The van der Waals surface area contributed by atoms with Crippen molar-refractivity contribution in [2.45, 2.75) is 19.4 Å². The molecular weight excluding hydrogens is 362 g/mol. The van der Waals surface area contributed by atoms with Crippen molar-refractivity contribution >= 4 is 0 Å². The number of likely N-dealkylation sites (tertiary alicyclic amines) is 1. The molecule has 1 aliphatic rings. The van der Waals surface area contributed by atoms with E-state index in [0.29, 0.717) is 5.92 Å². The minimum atomic E-state index is 0.682. The number of nitrogens with zero attached hydrogens (tertiary/aromatic N) is 3. The normalized spacial score (nSPS) is 15.5. The van der Waals surface area contributed by atoms with Crippen LogP contribution in [0.15, 0.2) is 60.8 Å². The van der Waals surface area contributed by atoms with Gasteiger partial charge in [-0.2, -0.15) is 5.10 Å². The molecule has 5 heteroatoms. The molecule has 4 rings (SSSR count). The summed E-state index contributed by atoms with van der Waals surface area (Å²) in [5, 5.41) is 4.95. The van der Waals surface area contributed by atoms with Gasteiger partial charge in [0.2, 0.25) is 0 Å². The van der Waals surface area contributed by atoms with Gasteiger partial charge in [-0.1, -0.05) is 30.3 Å². The summed E-state index contributed by atoms with van der Waals surface area (Å²) in [6.45, 7) is 3.97. The van der Waals surface area contributed by atoms with E-state index < -0.39 is 0 Å². The molecule has 1 saturated heterocycles. The second kappa shape index (κ2) is 9.25. The van der Waals surface area contributed by atoms with Crippen LogP contribution in [0.5, 0.6) is 5.75 Å². The molecule has 0 amide bonds. The number of benzene rings is 2. The quantitative estimate of drug-likeness (QED) is 0.598. The van der Waals surface area contributed by atoms with Crippen molar-refractivity contribution in [3.8, 4) is 22.7 Å². The molecule has 29 heavy (non-hydrogen) atoms. The highest BCUT2D eigenvalue weighted by molar-refractivity contribution is 5.65. The van der Waals surface area contributed by atoms with Gasteiger partial charge in [0.1, 0.15) is 5.75 Å². The van der Waals surface area contributed by atoms with Crippen LogP contribution in [0.25, 0.3) is 16.9 Å². The van der Waals surface area contributed by atoms with E-state index in [1.54, 1.807) is 14.2 Å². The number of hydrogen-bond donors (Lipinski definition) is 0. The summed E-state index contributed by atoms with van der Waals surface area (Å²) < 4.78 is 12.8. The Kier molecular flexibility index (Phi) is 6.27. The summed E-state index contributed by atoms with van der Waals surface area (Å²) in [4.78, 5) is 2.53. The fourth-order valence-corrected chi connectivity index (χ4v) is 4.04. The van der Waals surface area contributed by atoms with E-state index in [1.165, 1.54) is 18.4 Å². The Morgan fingerprint density at radius 2 is 1.79 bits per heavy atom. The number of para-hydroxylation sites is 1. The Labute approximate surface area is 172 Å². The zero-order valence-electron chi connectivity index (χ0n) is 17.3. The first-order valence-corrected chi connectivity index (χ1v) is 10.3. The molecule has 5 nitrogen and oxygen atoms in total. The highest BCUT2D eigenvalue weighted by Crippen LogP contribution is 2.29. The SMILES string of the molecule is COCC1CCN(Cc2cn(-c3ccccc3)nc2-c2cccc(OC)c2)CC1. The van der Waals surface area contributed by atoms with E-state index in [0.717, 1.165) is 48.9 Å². The molecule has 2 aromatic carbocycles. The molecular formula is C24H29N3O2. The monoisotopic (exact) mass is 391 g/mol. The lowest BCUT2D eigenvalue weighted by atomic mass is 9.97. The third-order valence-corrected chi connectivity index (χ3v) is 5.66. The summed E-state index contributed by atoms with van der Waals surface area (Å²) in [5.41, 5.74) is 4.42. The van der Waals surface area contributed by atoms with Gasteiger partial charge in [0, 0.05) is 37.6 Å². The lowest BCUT2D eigenvalue weighted by molar-refractivity contribution is 0.0969. The Bertz CT molecular complexity index is 915. The van der Waals surface area contributed by atoms with Crippen LogP contribution in [-0.4, -0.2) is 48.6 Å². The summed E-state index contributed by atoms with van der Waals surface area (Å²) >= 11 is 0. The van der Waals surface area contributed by atoms with Crippen LogP contribution < -0.4 is 4.74 Å². The lowest BCUT2D eigenvalue weighted by Crippen LogP contribution is -2.34. The molecule has 0 N–H and O–H groups in total. The zero-order chi connectivity index (χ0) is 20.1. The summed E-state index contributed by atoms with van der Waals surface area (Å²) in [6, 6.07) is 18.4. The summed E-state index contributed by atoms with van der Waals surface area (Å²) in [5.74, 6) is 1.53. The van der Waals surface area contributed by atoms with Gasteiger partial charge in [-0.05, 0) is 56.1 Å². The van der Waals surface area contributed by atoms with E-state index >= 15 is 0 Å². The molecule has 1 fully saturated rings. The molecule has 0 saturated carbocycles. The van der Waals surface area contributed by atoms with Crippen molar-refractivity contribution in [1.29, 1.82) is 0 Å². The second-order valence-electron chi connectivity index (χ2n) is 7.69. The van der Waals surface area contributed by atoms with Crippen LogP contribution in [-0.2, 0) is 11.3 Å². The predicted octanol–water partition coefficient (Wildman–Crippen LogP) is 4.41. The average Bonchev–Trinajstić information content (AvgIpc) is 3.20. The molecule has 2 heterocycles. The van der Waals surface area contributed by atoms with Crippen LogP contribution in [0.4, 0.5) is 0 Å². The minimum absolute atomic E-state index is 0.682. The van der Waals surface area contributed by atoms with Crippen molar-refractivity contribution < 1.29 is 9.47 Å². The summed E-state index contributed by atoms with van der Waals surface area (Å²) in [7, 11) is 3.50. The lowest BCUT2D eigenvalue weighted by Gasteiger charge is -2.31. The van der Waals surface area contributed by atoms with Crippen LogP contribution in [0.3, 0.4) is 0 Å². The number of piperidine rings is 1. The maximum atomic E-state index is 5.44. The number of ether oxygens (including phenoxy) is 2. The van der Waals surface area contributed by atoms with Crippen molar-refractivity contribution in [2.75, 3.05) is 33.9 Å². The zero-order valence-corrected chi connectivity index (χ0v) is 17.3. The van der Waals surface area contributed by atoms with Crippen LogP contribution in [0, 0.1) is 5.92 Å². The van der Waals surface area contributed by atoms with Crippen molar-refractivity contribution in [1.82, 2.24) is 14.7 Å². The van der Waals surface area contributed by atoms with Crippen molar-refractivity contribution in [3.05, 3.63) is 66.4 Å². The molecule has 3 aromatic rings. The first-order chi connectivity index (χ1) is 14.3. The van der Waals surface area contributed by atoms with Gasteiger partial charge >= 0.3 is 0 Å². The Morgan fingerprint density at radius 3 is 2.52 bits per heavy atom. The fourth-order valence-electron chi connectivity index (χ4n) is 4.04. The largest absolute Gasteiger partial charge is 0.497 e. The number of rotatable bonds is 7. The highest BCUT2D eigenvalue weighted by Gasteiger charge is 2.21. The molecule has 0 unspecified atom stereocenters. The maximum absolute atomic E-state index is 5.44. The van der Waals surface area contributed by atoms with Gasteiger partial charge in [-0.15, -0.1) is 0 Å². The van der Waals surface area contributed by atoms with E-state index in [-0.39, 0.29) is 0 Å². The van der Waals surface area contributed by atoms with Gasteiger partial charge in [-0.3, -0.25) is 4.90 Å². The average molecular weight is 392 g/mol. The van der Waals surface area contributed by atoms with Gasteiger partial charge < -0.3 is 9.47 Å². The smallest absolute Gasteiger partial charge is 0.119 e. The maximum Gasteiger partial charge on any atom is 0.119 e. The fraction of sp³-hybridized carbons (Fsp3) is 0.375. The standard InChI is InChI=1S/C24H29N3O2/c1-28-18-19-11-13-26(14-12-19)16-21-17-27(22-8-4-3-5-9-22)25-24(21)20-7-6-10-23(15-20)29-2/h3-10,15,17,19H,11-14,16,18H2,1-2H3. The summed E-state index contributed by atoms with van der Waals surface area (Å²) in [6.07, 6.45) is 4.55. The highest BCUT2D eigenvalue weighted by atomic mass is 16.5. The molecule has 0 bridgehead atoms. The van der Waals surface area contributed by atoms with Crippen LogP contribution in [0.2, 0.25) is 0 Å². The van der Waals surface area contributed by atoms with Gasteiger partial charge in [0.15, 0.2) is 0 Å². The first kappa shape index (κ1) is 19.7. The Balaban J connectivity index is 1.62. The van der Waals surface area contributed by atoms with Crippen LogP contribution in [0.1, 0.15) is 18.4 Å².